The minimum atomic E-state index is -3.10. The van der Waals surface area contributed by atoms with E-state index in [1.165, 1.54) is 29.8 Å². The number of hydrogen-bond donors (Lipinski definition) is 1. The molecule has 1 amide bonds. The molecular weight excluding hydrogens is 290 g/mol. The summed E-state index contributed by atoms with van der Waals surface area (Å²) in [7, 11) is -3.10. The predicted octanol–water partition coefficient (Wildman–Crippen LogP) is 0.259. The number of piperazine rings is 1. The molecule has 1 saturated heterocycles. The average Bonchev–Trinajstić information content (AvgIpc) is 2.41. The fraction of sp³-hybridized carbons (Fsp3) is 0.929. The Hall–Kier alpha value is -0.660. The van der Waals surface area contributed by atoms with Crippen molar-refractivity contribution in [3.63, 3.8) is 0 Å². The quantitative estimate of drug-likeness (QED) is 0.807. The highest BCUT2D eigenvalue weighted by atomic mass is 32.2. The molecule has 1 heterocycles. The first-order chi connectivity index (χ1) is 9.86. The summed E-state index contributed by atoms with van der Waals surface area (Å²) in [5, 5.41) is 3.14. The Morgan fingerprint density at radius 3 is 2.33 bits per heavy atom. The van der Waals surface area contributed by atoms with Gasteiger partial charge in [-0.25, -0.2) is 8.42 Å². The fourth-order valence-electron chi connectivity index (χ4n) is 3.21. The molecule has 1 N–H and O–H groups in total. The van der Waals surface area contributed by atoms with Crippen molar-refractivity contribution < 1.29 is 13.2 Å². The summed E-state index contributed by atoms with van der Waals surface area (Å²) in [5.74, 6) is 0.631. The Labute approximate surface area is 127 Å². The molecule has 2 atom stereocenters. The van der Waals surface area contributed by atoms with Gasteiger partial charge in [0.2, 0.25) is 15.9 Å². The van der Waals surface area contributed by atoms with Gasteiger partial charge in [0, 0.05) is 32.2 Å². The van der Waals surface area contributed by atoms with E-state index in [0.717, 1.165) is 6.42 Å². The second kappa shape index (κ2) is 7.07. The zero-order valence-electron chi connectivity index (χ0n) is 13.0. The molecule has 1 aliphatic carbocycles. The maximum atomic E-state index is 12.1. The summed E-state index contributed by atoms with van der Waals surface area (Å²) < 4.78 is 24.4. The molecule has 1 aliphatic heterocycles. The van der Waals surface area contributed by atoms with Gasteiger partial charge in [0.05, 0.1) is 12.8 Å². The number of sulfonamides is 1. The molecule has 21 heavy (non-hydrogen) atoms. The van der Waals surface area contributed by atoms with Crippen LogP contribution in [0.4, 0.5) is 0 Å². The molecule has 6 nitrogen and oxygen atoms in total. The minimum Gasteiger partial charge on any atom is -0.352 e. The average molecular weight is 317 g/mol. The minimum absolute atomic E-state index is 0.0709. The Morgan fingerprint density at radius 2 is 1.76 bits per heavy atom. The number of hydrogen-bond acceptors (Lipinski definition) is 4. The summed E-state index contributed by atoms with van der Waals surface area (Å²) in [6.07, 6.45) is 5.97. The molecule has 0 unspecified atom stereocenters. The summed E-state index contributed by atoms with van der Waals surface area (Å²) in [4.78, 5) is 14.2. The van der Waals surface area contributed by atoms with E-state index in [1.54, 1.807) is 0 Å². The van der Waals surface area contributed by atoms with E-state index in [9.17, 15) is 13.2 Å². The highest BCUT2D eigenvalue weighted by molar-refractivity contribution is 7.88. The van der Waals surface area contributed by atoms with Crippen molar-refractivity contribution in [3.05, 3.63) is 0 Å². The first-order valence-electron chi connectivity index (χ1n) is 7.83. The Balaban J connectivity index is 1.74. The molecule has 122 valence electrons. The highest BCUT2D eigenvalue weighted by Crippen LogP contribution is 2.23. The number of carbonyl (C=O) groups is 1. The van der Waals surface area contributed by atoms with Crippen molar-refractivity contribution in [2.45, 2.75) is 38.6 Å². The van der Waals surface area contributed by atoms with Crippen LogP contribution in [0.3, 0.4) is 0 Å². The zero-order chi connectivity index (χ0) is 15.5. The molecule has 0 bridgehead atoms. The van der Waals surface area contributed by atoms with Crippen molar-refractivity contribution in [1.29, 1.82) is 0 Å². The van der Waals surface area contributed by atoms with Gasteiger partial charge in [0.15, 0.2) is 0 Å². The second-order valence-corrected chi connectivity index (χ2v) is 8.36. The molecule has 2 rings (SSSR count). The maximum absolute atomic E-state index is 12.1. The third kappa shape index (κ3) is 4.93. The van der Waals surface area contributed by atoms with Gasteiger partial charge in [-0.15, -0.1) is 0 Å². The Kier molecular flexibility index (Phi) is 5.62. The Morgan fingerprint density at radius 1 is 1.14 bits per heavy atom. The van der Waals surface area contributed by atoms with E-state index >= 15 is 0 Å². The van der Waals surface area contributed by atoms with Gasteiger partial charge in [-0.1, -0.05) is 19.8 Å². The lowest BCUT2D eigenvalue weighted by atomic mass is 9.86. The third-order valence-electron chi connectivity index (χ3n) is 4.63. The summed E-state index contributed by atoms with van der Waals surface area (Å²) in [6.45, 7) is 4.79. The molecule has 0 aromatic heterocycles. The van der Waals surface area contributed by atoms with E-state index < -0.39 is 10.0 Å². The van der Waals surface area contributed by atoms with Crippen molar-refractivity contribution in [1.82, 2.24) is 14.5 Å². The summed E-state index contributed by atoms with van der Waals surface area (Å²) >= 11 is 0. The van der Waals surface area contributed by atoms with Gasteiger partial charge in [-0.3, -0.25) is 9.69 Å². The van der Waals surface area contributed by atoms with Crippen molar-refractivity contribution >= 4 is 15.9 Å². The molecular formula is C14H27N3O3S. The number of amides is 1. The lowest BCUT2D eigenvalue weighted by Crippen LogP contribution is -2.52. The van der Waals surface area contributed by atoms with Crippen LogP contribution in [0.25, 0.3) is 0 Å². The largest absolute Gasteiger partial charge is 0.352 e. The SMILES string of the molecule is C[C@H]1CCCC[C@H]1NC(=O)CN1CCN(S(C)(=O)=O)CC1. The molecule has 0 radical (unpaired) electrons. The van der Waals surface area contributed by atoms with E-state index in [2.05, 4.69) is 12.2 Å². The van der Waals surface area contributed by atoms with Crippen molar-refractivity contribution in [3.8, 4) is 0 Å². The normalized spacial score (nSPS) is 29.2. The first kappa shape index (κ1) is 16.7. The van der Waals surface area contributed by atoms with Gasteiger partial charge >= 0.3 is 0 Å². The molecule has 7 heteroatoms. The fourth-order valence-corrected chi connectivity index (χ4v) is 4.03. The molecule has 0 spiro atoms. The van der Waals surface area contributed by atoms with Gasteiger partial charge in [-0.2, -0.15) is 4.31 Å². The van der Waals surface area contributed by atoms with Crippen molar-refractivity contribution in [2.75, 3.05) is 39.0 Å². The number of rotatable bonds is 4. The molecule has 2 aliphatic rings. The summed E-state index contributed by atoms with van der Waals surface area (Å²) in [6, 6.07) is 0.309. The smallest absolute Gasteiger partial charge is 0.234 e. The topological polar surface area (TPSA) is 69.7 Å². The highest BCUT2D eigenvalue weighted by Gasteiger charge is 2.26. The van der Waals surface area contributed by atoms with Crippen LogP contribution in [0.2, 0.25) is 0 Å². The van der Waals surface area contributed by atoms with E-state index in [4.69, 9.17) is 0 Å². The van der Waals surface area contributed by atoms with Crippen LogP contribution in [-0.2, 0) is 14.8 Å². The second-order valence-electron chi connectivity index (χ2n) is 6.37. The monoisotopic (exact) mass is 317 g/mol. The van der Waals surface area contributed by atoms with Crippen LogP contribution in [0.1, 0.15) is 32.6 Å². The van der Waals surface area contributed by atoms with E-state index in [-0.39, 0.29) is 5.91 Å². The molecule has 2 fully saturated rings. The van der Waals surface area contributed by atoms with Crippen LogP contribution in [0.5, 0.6) is 0 Å². The molecule has 1 saturated carbocycles. The van der Waals surface area contributed by atoms with Crippen molar-refractivity contribution in [2.24, 2.45) is 5.92 Å². The lowest BCUT2D eigenvalue weighted by molar-refractivity contribution is -0.123. The van der Waals surface area contributed by atoms with Crippen LogP contribution in [0, 0.1) is 5.92 Å². The van der Waals surface area contributed by atoms with Gasteiger partial charge in [0.1, 0.15) is 0 Å². The Bertz CT molecular complexity index is 458. The number of nitrogens with one attached hydrogen (secondary N) is 1. The van der Waals surface area contributed by atoms with Crippen LogP contribution >= 0.6 is 0 Å². The number of nitrogens with zero attached hydrogens (tertiary/aromatic N) is 2. The number of carbonyl (C=O) groups excluding carboxylic acids is 1. The predicted molar refractivity (Wildman–Crippen MR) is 82.4 cm³/mol. The van der Waals surface area contributed by atoms with Crippen LogP contribution in [-0.4, -0.2) is 68.6 Å². The molecule has 0 aromatic carbocycles. The van der Waals surface area contributed by atoms with E-state index in [1.807, 2.05) is 4.90 Å². The van der Waals surface area contributed by atoms with Crippen LogP contribution in [0.15, 0.2) is 0 Å². The maximum Gasteiger partial charge on any atom is 0.234 e. The van der Waals surface area contributed by atoms with Gasteiger partial charge in [-0.05, 0) is 18.8 Å². The van der Waals surface area contributed by atoms with Crippen LogP contribution < -0.4 is 5.32 Å². The summed E-state index contributed by atoms with van der Waals surface area (Å²) in [5.41, 5.74) is 0. The third-order valence-corrected chi connectivity index (χ3v) is 5.93. The van der Waals surface area contributed by atoms with Gasteiger partial charge in [0.25, 0.3) is 0 Å². The van der Waals surface area contributed by atoms with E-state index in [0.29, 0.717) is 44.7 Å². The zero-order valence-corrected chi connectivity index (χ0v) is 13.9. The lowest BCUT2D eigenvalue weighted by Gasteiger charge is -2.34. The van der Waals surface area contributed by atoms with Gasteiger partial charge < -0.3 is 5.32 Å². The standard InChI is InChI=1S/C14H27N3O3S/c1-12-5-3-4-6-13(12)15-14(18)11-16-7-9-17(10-8-16)21(2,19)20/h12-13H,3-11H2,1-2H3,(H,15,18)/t12-,13+/m0/s1. The molecule has 0 aromatic rings. The first-order valence-corrected chi connectivity index (χ1v) is 9.68.